The number of carbonyl (C=O) groups is 1. The Hall–Kier alpha value is -2.36. The van der Waals surface area contributed by atoms with Crippen LogP contribution in [0.15, 0.2) is 49.3 Å². The standard InChI is InChI=1S/C20H27N3O/c1-5-11-23(20(24)13-16(2)3)15-19-21-10-12-22(19)14-18-9-7-6-8-17(18)4/h5-10,12,16H,1,11,13-15H2,2-4H3. The Labute approximate surface area is 144 Å². The molecular formula is C20H27N3O. The van der Waals surface area contributed by atoms with Crippen LogP contribution in [0, 0.1) is 12.8 Å². The minimum absolute atomic E-state index is 0.148. The van der Waals surface area contributed by atoms with E-state index in [9.17, 15) is 4.79 Å². The van der Waals surface area contributed by atoms with E-state index in [2.05, 4.69) is 55.1 Å². The summed E-state index contributed by atoms with van der Waals surface area (Å²) in [7, 11) is 0. The topological polar surface area (TPSA) is 38.1 Å². The van der Waals surface area contributed by atoms with Crippen molar-refractivity contribution in [3.8, 4) is 0 Å². The van der Waals surface area contributed by atoms with Gasteiger partial charge in [-0.05, 0) is 24.0 Å². The minimum Gasteiger partial charge on any atom is -0.332 e. The van der Waals surface area contributed by atoms with E-state index in [1.165, 1.54) is 11.1 Å². The van der Waals surface area contributed by atoms with Crippen molar-refractivity contribution in [1.29, 1.82) is 0 Å². The molecule has 1 aromatic heterocycles. The van der Waals surface area contributed by atoms with Crippen LogP contribution in [0.1, 0.15) is 37.2 Å². The Kier molecular flexibility index (Phi) is 6.36. The number of benzene rings is 1. The number of hydrogen-bond acceptors (Lipinski definition) is 2. The summed E-state index contributed by atoms with van der Waals surface area (Å²) in [6.45, 7) is 11.8. The second-order valence-corrected chi connectivity index (χ2v) is 6.56. The minimum atomic E-state index is 0.148. The van der Waals surface area contributed by atoms with Crippen molar-refractivity contribution >= 4 is 5.91 Å². The average Bonchev–Trinajstić information content (AvgIpc) is 2.95. The summed E-state index contributed by atoms with van der Waals surface area (Å²) >= 11 is 0. The van der Waals surface area contributed by atoms with Crippen molar-refractivity contribution in [3.05, 3.63) is 66.3 Å². The van der Waals surface area contributed by atoms with Gasteiger partial charge in [-0.25, -0.2) is 4.98 Å². The Balaban J connectivity index is 2.14. The Morgan fingerprint density at radius 3 is 2.79 bits per heavy atom. The van der Waals surface area contributed by atoms with Crippen molar-refractivity contribution in [2.45, 2.75) is 40.3 Å². The van der Waals surface area contributed by atoms with Crippen molar-refractivity contribution < 1.29 is 4.79 Å². The highest BCUT2D eigenvalue weighted by Crippen LogP contribution is 2.13. The van der Waals surface area contributed by atoms with Gasteiger partial charge in [-0.2, -0.15) is 0 Å². The van der Waals surface area contributed by atoms with Crippen molar-refractivity contribution in [2.75, 3.05) is 6.54 Å². The maximum atomic E-state index is 12.4. The molecule has 0 N–H and O–H groups in total. The van der Waals surface area contributed by atoms with Gasteiger partial charge in [0.2, 0.25) is 5.91 Å². The number of aromatic nitrogens is 2. The molecule has 4 nitrogen and oxygen atoms in total. The number of hydrogen-bond donors (Lipinski definition) is 0. The molecule has 0 saturated heterocycles. The van der Waals surface area contributed by atoms with Gasteiger partial charge >= 0.3 is 0 Å². The SMILES string of the molecule is C=CCN(Cc1nccn1Cc1ccccc1C)C(=O)CC(C)C. The molecule has 1 amide bonds. The molecule has 2 rings (SSSR count). The molecule has 128 valence electrons. The van der Waals surface area contributed by atoms with E-state index in [-0.39, 0.29) is 5.91 Å². The lowest BCUT2D eigenvalue weighted by atomic mass is 10.1. The third kappa shape index (κ3) is 4.82. The van der Waals surface area contributed by atoms with Crippen LogP contribution in [0.25, 0.3) is 0 Å². The van der Waals surface area contributed by atoms with Crippen LogP contribution in [-0.4, -0.2) is 26.9 Å². The lowest BCUT2D eigenvalue weighted by Crippen LogP contribution is -2.32. The summed E-state index contributed by atoms with van der Waals surface area (Å²) in [5.74, 6) is 1.39. The number of amides is 1. The summed E-state index contributed by atoms with van der Waals surface area (Å²) in [4.78, 5) is 18.7. The summed E-state index contributed by atoms with van der Waals surface area (Å²) in [5.41, 5.74) is 2.52. The van der Waals surface area contributed by atoms with E-state index in [0.29, 0.717) is 25.4 Å². The van der Waals surface area contributed by atoms with Gasteiger partial charge in [0.1, 0.15) is 5.82 Å². The first-order valence-corrected chi connectivity index (χ1v) is 8.44. The zero-order chi connectivity index (χ0) is 17.5. The monoisotopic (exact) mass is 325 g/mol. The van der Waals surface area contributed by atoms with Crippen LogP contribution in [0.2, 0.25) is 0 Å². The van der Waals surface area contributed by atoms with Gasteiger partial charge in [0, 0.05) is 31.9 Å². The van der Waals surface area contributed by atoms with Crippen LogP contribution in [0.3, 0.4) is 0 Å². The van der Waals surface area contributed by atoms with Gasteiger partial charge in [0.25, 0.3) is 0 Å². The molecule has 0 radical (unpaired) electrons. The predicted octanol–water partition coefficient (Wildman–Crippen LogP) is 3.80. The third-order valence-corrected chi connectivity index (χ3v) is 4.02. The molecule has 2 aromatic rings. The molecule has 0 aliphatic carbocycles. The highest BCUT2D eigenvalue weighted by molar-refractivity contribution is 5.76. The molecule has 24 heavy (non-hydrogen) atoms. The van der Waals surface area contributed by atoms with E-state index in [4.69, 9.17) is 0 Å². The van der Waals surface area contributed by atoms with Gasteiger partial charge < -0.3 is 9.47 Å². The van der Waals surface area contributed by atoms with Crippen molar-refractivity contribution in [1.82, 2.24) is 14.5 Å². The van der Waals surface area contributed by atoms with E-state index in [0.717, 1.165) is 12.4 Å². The molecule has 0 unspecified atom stereocenters. The quantitative estimate of drug-likeness (QED) is 0.692. The van der Waals surface area contributed by atoms with Gasteiger partial charge in [-0.1, -0.05) is 44.2 Å². The predicted molar refractivity (Wildman–Crippen MR) is 97.6 cm³/mol. The van der Waals surface area contributed by atoms with Crippen LogP contribution in [0.4, 0.5) is 0 Å². The van der Waals surface area contributed by atoms with Gasteiger partial charge in [-0.15, -0.1) is 6.58 Å². The molecule has 0 spiro atoms. The molecule has 1 aromatic carbocycles. The molecular weight excluding hydrogens is 298 g/mol. The molecule has 0 fully saturated rings. The summed E-state index contributed by atoms with van der Waals surface area (Å²) in [6, 6.07) is 8.34. The Bertz CT molecular complexity index is 688. The number of rotatable bonds is 8. The van der Waals surface area contributed by atoms with E-state index >= 15 is 0 Å². The first-order chi connectivity index (χ1) is 11.5. The molecule has 4 heteroatoms. The fourth-order valence-electron chi connectivity index (χ4n) is 2.67. The largest absolute Gasteiger partial charge is 0.332 e. The molecule has 0 aliphatic heterocycles. The maximum Gasteiger partial charge on any atom is 0.223 e. The van der Waals surface area contributed by atoms with Gasteiger partial charge in [0.15, 0.2) is 0 Å². The highest BCUT2D eigenvalue weighted by atomic mass is 16.2. The summed E-state index contributed by atoms with van der Waals surface area (Å²) < 4.78 is 2.11. The molecule has 0 atom stereocenters. The Morgan fingerprint density at radius 2 is 2.12 bits per heavy atom. The summed E-state index contributed by atoms with van der Waals surface area (Å²) in [5, 5.41) is 0. The lowest BCUT2D eigenvalue weighted by Gasteiger charge is -2.22. The normalized spacial score (nSPS) is 10.8. The maximum absolute atomic E-state index is 12.4. The zero-order valence-electron chi connectivity index (χ0n) is 14.9. The van der Waals surface area contributed by atoms with Crippen molar-refractivity contribution in [3.63, 3.8) is 0 Å². The number of nitrogens with zero attached hydrogens (tertiary/aromatic N) is 3. The average molecular weight is 325 g/mol. The molecule has 1 heterocycles. The van der Waals surface area contributed by atoms with Crippen LogP contribution < -0.4 is 0 Å². The number of carbonyl (C=O) groups excluding carboxylic acids is 1. The number of imidazole rings is 1. The van der Waals surface area contributed by atoms with Crippen LogP contribution >= 0.6 is 0 Å². The first kappa shape index (κ1) is 18.0. The van der Waals surface area contributed by atoms with Crippen LogP contribution in [0.5, 0.6) is 0 Å². The van der Waals surface area contributed by atoms with Gasteiger partial charge in [-0.3, -0.25) is 4.79 Å². The fraction of sp³-hybridized carbons (Fsp3) is 0.400. The molecule has 0 bridgehead atoms. The van der Waals surface area contributed by atoms with E-state index in [1.54, 1.807) is 12.3 Å². The second-order valence-electron chi connectivity index (χ2n) is 6.56. The van der Waals surface area contributed by atoms with Gasteiger partial charge in [0.05, 0.1) is 6.54 Å². The van der Waals surface area contributed by atoms with Crippen LogP contribution in [-0.2, 0) is 17.9 Å². The van der Waals surface area contributed by atoms with E-state index in [1.807, 2.05) is 17.2 Å². The first-order valence-electron chi connectivity index (χ1n) is 8.44. The molecule has 0 aliphatic rings. The zero-order valence-corrected chi connectivity index (χ0v) is 14.9. The lowest BCUT2D eigenvalue weighted by molar-refractivity contribution is -0.132. The Morgan fingerprint density at radius 1 is 1.38 bits per heavy atom. The third-order valence-electron chi connectivity index (χ3n) is 4.02. The number of aryl methyl sites for hydroxylation is 1. The van der Waals surface area contributed by atoms with Crippen molar-refractivity contribution in [2.24, 2.45) is 5.92 Å². The van der Waals surface area contributed by atoms with E-state index < -0.39 is 0 Å². The smallest absolute Gasteiger partial charge is 0.223 e. The highest BCUT2D eigenvalue weighted by Gasteiger charge is 2.16. The fourth-order valence-corrected chi connectivity index (χ4v) is 2.67. The second kappa shape index (κ2) is 8.48. The summed E-state index contributed by atoms with van der Waals surface area (Å²) in [6.07, 6.45) is 6.09. The molecule has 0 saturated carbocycles.